The lowest BCUT2D eigenvalue weighted by Crippen LogP contribution is -2.22. The molecule has 1 N–H and O–H groups in total. The Bertz CT molecular complexity index is 999. The fourth-order valence-electron chi connectivity index (χ4n) is 2.84. The third-order valence-electron chi connectivity index (χ3n) is 4.28. The zero-order valence-electron chi connectivity index (χ0n) is 15.6. The third kappa shape index (κ3) is 4.67. The second kappa shape index (κ2) is 8.84. The smallest absolute Gasteiger partial charge is 0.310 e. The van der Waals surface area contributed by atoms with Crippen molar-refractivity contribution >= 4 is 33.5 Å². The quantitative estimate of drug-likeness (QED) is 0.587. The van der Waals surface area contributed by atoms with E-state index in [2.05, 4.69) is 26.3 Å². The Morgan fingerprint density at radius 2 is 1.75 bits per heavy atom. The van der Waals surface area contributed by atoms with Crippen LogP contribution in [-0.4, -0.2) is 28.3 Å². The lowest BCUT2D eigenvalue weighted by molar-refractivity contribution is -0.146. The Morgan fingerprint density at radius 1 is 1.07 bits per heavy atom. The molecule has 7 heteroatoms. The molecule has 0 aliphatic heterocycles. The van der Waals surface area contributed by atoms with Crippen LogP contribution < -0.4 is 5.32 Å². The van der Waals surface area contributed by atoms with E-state index in [1.807, 2.05) is 62.4 Å². The lowest BCUT2D eigenvalue weighted by Gasteiger charge is -2.08. The molecule has 1 amide bonds. The Kier molecular flexibility index (Phi) is 6.26. The molecule has 6 nitrogen and oxygen atoms in total. The molecular weight excluding hydrogens is 422 g/mol. The van der Waals surface area contributed by atoms with Crippen LogP contribution in [0.15, 0.2) is 59.1 Å². The van der Waals surface area contributed by atoms with Gasteiger partial charge in [0, 0.05) is 15.7 Å². The first-order valence-electron chi connectivity index (χ1n) is 8.76. The minimum absolute atomic E-state index is 0.0623. The van der Waals surface area contributed by atoms with E-state index < -0.39 is 11.9 Å². The zero-order chi connectivity index (χ0) is 20.1. The number of rotatable bonds is 6. The first kappa shape index (κ1) is 19.8. The van der Waals surface area contributed by atoms with E-state index in [1.54, 1.807) is 10.7 Å². The van der Waals surface area contributed by atoms with Gasteiger partial charge in [0.25, 0.3) is 5.91 Å². The number of anilines is 1. The van der Waals surface area contributed by atoms with Crippen molar-refractivity contribution in [3.8, 4) is 5.69 Å². The number of hydrogen-bond acceptors (Lipinski definition) is 4. The summed E-state index contributed by atoms with van der Waals surface area (Å²) in [6, 6.07) is 16.9. The van der Waals surface area contributed by atoms with E-state index in [0.717, 1.165) is 27.1 Å². The third-order valence-corrected chi connectivity index (χ3v) is 4.97. The molecule has 3 aromatic rings. The number of nitrogens with zero attached hydrogens (tertiary/aromatic N) is 2. The molecule has 0 bridgehead atoms. The molecule has 0 spiro atoms. The standard InChI is InChI=1S/C21H20BrN3O3/c1-14-17(15(2)25(24-14)16-8-4-3-5-9-16)12-21(27)28-13-20(26)23-19-11-7-6-10-18(19)22/h3-11H,12-13H2,1-2H3,(H,23,26). The molecule has 0 unspecified atom stereocenters. The Labute approximate surface area is 171 Å². The Balaban J connectivity index is 1.60. The van der Waals surface area contributed by atoms with Gasteiger partial charge in [-0.25, -0.2) is 4.68 Å². The normalized spacial score (nSPS) is 10.5. The van der Waals surface area contributed by atoms with E-state index in [-0.39, 0.29) is 13.0 Å². The monoisotopic (exact) mass is 441 g/mol. The summed E-state index contributed by atoms with van der Waals surface area (Å²) in [6.07, 6.45) is 0.0623. The highest BCUT2D eigenvalue weighted by Crippen LogP contribution is 2.21. The van der Waals surface area contributed by atoms with Crippen LogP contribution in [0.1, 0.15) is 17.0 Å². The molecular formula is C21H20BrN3O3. The number of carbonyl (C=O) groups is 2. The number of ether oxygens (including phenoxy) is 1. The van der Waals surface area contributed by atoms with Crippen molar-refractivity contribution in [2.75, 3.05) is 11.9 Å². The number of carbonyl (C=O) groups excluding carboxylic acids is 2. The summed E-state index contributed by atoms with van der Waals surface area (Å²) in [5, 5.41) is 7.22. The molecule has 1 heterocycles. The van der Waals surface area contributed by atoms with E-state index in [4.69, 9.17) is 4.74 Å². The molecule has 0 fully saturated rings. The van der Waals surface area contributed by atoms with Crippen LogP contribution in [0, 0.1) is 13.8 Å². The molecule has 0 aliphatic carbocycles. The molecule has 0 radical (unpaired) electrons. The number of hydrogen-bond donors (Lipinski definition) is 1. The highest BCUT2D eigenvalue weighted by atomic mass is 79.9. The van der Waals surface area contributed by atoms with Crippen molar-refractivity contribution < 1.29 is 14.3 Å². The zero-order valence-corrected chi connectivity index (χ0v) is 17.2. The molecule has 28 heavy (non-hydrogen) atoms. The lowest BCUT2D eigenvalue weighted by atomic mass is 10.1. The molecule has 0 aliphatic rings. The molecule has 0 saturated carbocycles. The van der Waals surface area contributed by atoms with Gasteiger partial charge in [0.15, 0.2) is 6.61 Å². The van der Waals surface area contributed by atoms with Crippen LogP contribution in [0.2, 0.25) is 0 Å². The number of aryl methyl sites for hydroxylation is 1. The predicted molar refractivity (Wildman–Crippen MR) is 110 cm³/mol. The summed E-state index contributed by atoms with van der Waals surface area (Å²) >= 11 is 3.35. The van der Waals surface area contributed by atoms with Gasteiger partial charge in [0.1, 0.15) is 0 Å². The number of benzene rings is 2. The summed E-state index contributed by atoms with van der Waals surface area (Å²) in [5.74, 6) is -0.866. The van der Waals surface area contributed by atoms with Crippen molar-refractivity contribution in [1.82, 2.24) is 9.78 Å². The van der Waals surface area contributed by atoms with Crippen LogP contribution in [0.3, 0.4) is 0 Å². The molecule has 1 aromatic heterocycles. The van der Waals surface area contributed by atoms with Gasteiger partial charge in [-0.3, -0.25) is 9.59 Å². The first-order valence-corrected chi connectivity index (χ1v) is 9.55. The maximum atomic E-state index is 12.2. The van der Waals surface area contributed by atoms with Crippen molar-refractivity contribution in [3.63, 3.8) is 0 Å². The predicted octanol–water partition coefficient (Wildman–Crippen LogP) is 3.98. The fraction of sp³-hybridized carbons (Fsp3) is 0.190. The Hall–Kier alpha value is -2.93. The van der Waals surface area contributed by atoms with E-state index in [9.17, 15) is 9.59 Å². The van der Waals surface area contributed by atoms with Gasteiger partial charge in [-0.15, -0.1) is 0 Å². The second-order valence-corrected chi connectivity index (χ2v) is 7.12. The SMILES string of the molecule is Cc1nn(-c2ccccc2)c(C)c1CC(=O)OCC(=O)Nc1ccccc1Br. The highest BCUT2D eigenvalue weighted by Gasteiger charge is 2.17. The van der Waals surface area contributed by atoms with E-state index >= 15 is 0 Å². The number of aromatic nitrogens is 2. The van der Waals surface area contributed by atoms with Crippen molar-refractivity contribution in [1.29, 1.82) is 0 Å². The minimum atomic E-state index is -0.471. The number of amides is 1. The average molecular weight is 442 g/mol. The number of esters is 1. The summed E-state index contributed by atoms with van der Waals surface area (Å²) in [7, 11) is 0. The van der Waals surface area contributed by atoms with Gasteiger partial charge in [-0.1, -0.05) is 30.3 Å². The fourth-order valence-corrected chi connectivity index (χ4v) is 3.23. The van der Waals surface area contributed by atoms with Crippen LogP contribution in [0.5, 0.6) is 0 Å². The van der Waals surface area contributed by atoms with Gasteiger partial charge < -0.3 is 10.1 Å². The van der Waals surface area contributed by atoms with Gasteiger partial charge in [0.05, 0.1) is 23.5 Å². The average Bonchev–Trinajstić information content (AvgIpc) is 2.97. The largest absolute Gasteiger partial charge is 0.455 e. The topological polar surface area (TPSA) is 73.2 Å². The second-order valence-electron chi connectivity index (χ2n) is 6.26. The number of halogens is 1. The summed E-state index contributed by atoms with van der Waals surface area (Å²) in [5.41, 5.74) is 3.99. The van der Waals surface area contributed by atoms with Crippen LogP contribution in [0.25, 0.3) is 5.69 Å². The van der Waals surface area contributed by atoms with E-state index in [0.29, 0.717) is 5.69 Å². The van der Waals surface area contributed by atoms with Crippen molar-refractivity contribution in [3.05, 3.63) is 76.0 Å². The molecule has 144 valence electrons. The summed E-state index contributed by atoms with van der Waals surface area (Å²) < 4.78 is 7.70. The van der Waals surface area contributed by atoms with Gasteiger partial charge in [-0.05, 0) is 54.0 Å². The minimum Gasteiger partial charge on any atom is -0.455 e. The summed E-state index contributed by atoms with van der Waals surface area (Å²) in [6.45, 7) is 3.43. The highest BCUT2D eigenvalue weighted by molar-refractivity contribution is 9.10. The van der Waals surface area contributed by atoms with E-state index in [1.165, 1.54) is 0 Å². The number of para-hydroxylation sites is 2. The Morgan fingerprint density at radius 3 is 2.46 bits per heavy atom. The van der Waals surface area contributed by atoms with Crippen molar-refractivity contribution in [2.45, 2.75) is 20.3 Å². The van der Waals surface area contributed by atoms with Gasteiger partial charge >= 0.3 is 5.97 Å². The maximum Gasteiger partial charge on any atom is 0.310 e. The summed E-state index contributed by atoms with van der Waals surface area (Å²) in [4.78, 5) is 24.3. The van der Waals surface area contributed by atoms with Gasteiger partial charge in [-0.2, -0.15) is 5.10 Å². The van der Waals surface area contributed by atoms with Crippen LogP contribution >= 0.6 is 15.9 Å². The maximum absolute atomic E-state index is 12.2. The molecule has 3 rings (SSSR count). The van der Waals surface area contributed by atoms with Crippen molar-refractivity contribution in [2.24, 2.45) is 0 Å². The first-order chi connectivity index (χ1) is 13.5. The molecule has 2 aromatic carbocycles. The number of nitrogens with one attached hydrogen (secondary N) is 1. The van der Waals surface area contributed by atoms with Crippen LogP contribution in [0.4, 0.5) is 5.69 Å². The molecule has 0 atom stereocenters. The molecule has 0 saturated heterocycles. The van der Waals surface area contributed by atoms with Gasteiger partial charge in [0.2, 0.25) is 0 Å². The van der Waals surface area contributed by atoms with Crippen LogP contribution in [-0.2, 0) is 20.7 Å².